The lowest BCUT2D eigenvalue weighted by molar-refractivity contribution is 0.0935. The third kappa shape index (κ3) is 2.80. The lowest BCUT2D eigenvalue weighted by Crippen LogP contribution is -2.27. The molecule has 4 nitrogen and oxygen atoms in total. The van der Waals surface area contributed by atoms with E-state index in [1.165, 1.54) is 11.3 Å². The third-order valence-corrected chi connectivity index (χ3v) is 3.49. The van der Waals surface area contributed by atoms with E-state index >= 15 is 0 Å². The molecule has 0 saturated carbocycles. The SMILES string of the molecule is C[C@@H](NC(=O)c1csc(N)n1)c1ccccc1Cl. The number of nitrogens with two attached hydrogens (primary N) is 1. The summed E-state index contributed by atoms with van der Waals surface area (Å²) in [6, 6.07) is 7.21. The van der Waals surface area contributed by atoms with Gasteiger partial charge in [0.2, 0.25) is 0 Å². The molecule has 0 unspecified atom stereocenters. The van der Waals surface area contributed by atoms with Gasteiger partial charge in [-0.25, -0.2) is 4.98 Å². The van der Waals surface area contributed by atoms with E-state index in [0.29, 0.717) is 15.8 Å². The minimum absolute atomic E-state index is 0.186. The number of nitrogens with zero attached hydrogens (tertiary/aromatic N) is 1. The number of thiazole rings is 1. The first kappa shape index (κ1) is 12.9. The van der Waals surface area contributed by atoms with E-state index in [1.807, 2.05) is 25.1 Å². The van der Waals surface area contributed by atoms with E-state index in [0.717, 1.165) is 5.56 Å². The van der Waals surface area contributed by atoms with Gasteiger partial charge in [-0.2, -0.15) is 0 Å². The summed E-state index contributed by atoms with van der Waals surface area (Å²) in [5.74, 6) is -0.254. The summed E-state index contributed by atoms with van der Waals surface area (Å²) >= 11 is 7.31. The van der Waals surface area contributed by atoms with Gasteiger partial charge in [-0.1, -0.05) is 29.8 Å². The Kier molecular flexibility index (Phi) is 3.84. The molecule has 2 aromatic rings. The van der Waals surface area contributed by atoms with E-state index in [1.54, 1.807) is 11.4 Å². The summed E-state index contributed by atoms with van der Waals surface area (Å²) in [6.07, 6.45) is 0. The summed E-state index contributed by atoms with van der Waals surface area (Å²) in [6.45, 7) is 1.87. The fraction of sp³-hybridized carbons (Fsp3) is 0.167. The van der Waals surface area contributed by atoms with Gasteiger partial charge in [0.05, 0.1) is 6.04 Å². The van der Waals surface area contributed by atoms with Gasteiger partial charge in [-0.05, 0) is 18.6 Å². The molecule has 0 aliphatic heterocycles. The molecule has 0 fully saturated rings. The molecule has 0 saturated heterocycles. The van der Waals surface area contributed by atoms with Crippen LogP contribution in [0.2, 0.25) is 5.02 Å². The van der Waals surface area contributed by atoms with Crippen molar-refractivity contribution in [3.8, 4) is 0 Å². The highest BCUT2D eigenvalue weighted by Crippen LogP contribution is 2.22. The fourth-order valence-electron chi connectivity index (χ4n) is 1.57. The highest BCUT2D eigenvalue weighted by molar-refractivity contribution is 7.13. The number of carbonyl (C=O) groups excluding carboxylic acids is 1. The predicted octanol–water partition coefficient (Wildman–Crippen LogP) is 2.87. The summed E-state index contributed by atoms with van der Waals surface area (Å²) in [5, 5.41) is 5.47. The van der Waals surface area contributed by atoms with Crippen LogP contribution in [0, 0.1) is 0 Å². The molecule has 1 aromatic heterocycles. The zero-order chi connectivity index (χ0) is 13.1. The first-order chi connectivity index (χ1) is 8.58. The minimum Gasteiger partial charge on any atom is -0.375 e. The van der Waals surface area contributed by atoms with Gasteiger partial charge in [0, 0.05) is 10.4 Å². The molecule has 3 N–H and O–H groups in total. The van der Waals surface area contributed by atoms with E-state index in [-0.39, 0.29) is 11.9 Å². The van der Waals surface area contributed by atoms with Crippen LogP contribution in [-0.2, 0) is 0 Å². The van der Waals surface area contributed by atoms with Crippen LogP contribution in [0.25, 0.3) is 0 Å². The van der Waals surface area contributed by atoms with E-state index in [4.69, 9.17) is 17.3 Å². The molecule has 18 heavy (non-hydrogen) atoms. The van der Waals surface area contributed by atoms with Crippen LogP contribution in [0.15, 0.2) is 29.6 Å². The summed E-state index contributed by atoms with van der Waals surface area (Å²) in [4.78, 5) is 15.8. The van der Waals surface area contributed by atoms with Crippen LogP contribution in [0.3, 0.4) is 0 Å². The normalized spacial score (nSPS) is 12.1. The van der Waals surface area contributed by atoms with Crippen molar-refractivity contribution in [1.82, 2.24) is 10.3 Å². The first-order valence-corrected chi connectivity index (χ1v) is 6.60. The fourth-order valence-corrected chi connectivity index (χ4v) is 2.41. The van der Waals surface area contributed by atoms with Crippen LogP contribution in [-0.4, -0.2) is 10.9 Å². The number of aromatic nitrogens is 1. The number of carbonyl (C=O) groups is 1. The van der Waals surface area contributed by atoms with Crippen molar-refractivity contribution < 1.29 is 4.79 Å². The van der Waals surface area contributed by atoms with Crippen LogP contribution in [0.5, 0.6) is 0 Å². The molecule has 1 heterocycles. The molecule has 0 aliphatic rings. The number of anilines is 1. The first-order valence-electron chi connectivity index (χ1n) is 5.34. The van der Waals surface area contributed by atoms with Crippen molar-refractivity contribution in [3.05, 3.63) is 45.9 Å². The highest BCUT2D eigenvalue weighted by Gasteiger charge is 2.15. The number of hydrogen-bond donors (Lipinski definition) is 2. The molecule has 0 radical (unpaired) electrons. The molecule has 94 valence electrons. The monoisotopic (exact) mass is 281 g/mol. The lowest BCUT2D eigenvalue weighted by Gasteiger charge is -2.14. The van der Waals surface area contributed by atoms with Gasteiger partial charge in [0.25, 0.3) is 5.91 Å². The second-order valence-electron chi connectivity index (χ2n) is 3.79. The predicted molar refractivity (Wildman–Crippen MR) is 73.9 cm³/mol. The van der Waals surface area contributed by atoms with Crippen molar-refractivity contribution in [2.75, 3.05) is 5.73 Å². The molecular weight excluding hydrogens is 270 g/mol. The van der Waals surface area contributed by atoms with E-state index < -0.39 is 0 Å². The van der Waals surface area contributed by atoms with Crippen LogP contribution in [0.4, 0.5) is 5.13 Å². The van der Waals surface area contributed by atoms with Crippen LogP contribution >= 0.6 is 22.9 Å². The van der Waals surface area contributed by atoms with Crippen LogP contribution in [0.1, 0.15) is 29.0 Å². The molecule has 1 aromatic carbocycles. The smallest absolute Gasteiger partial charge is 0.271 e. The maximum Gasteiger partial charge on any atom is 0.271 e. The van der Waals surface area contributed by atoms with Gasteiger partial charge in [0.15, 0.2) is 5.13 Å². The van der Waals surface area contributed by atoms with Gasteiger partial charge < -0.3 is 11.1 Å². The Bertz CT molecular complexity index is 570. The zero-order valence-corrected chi connectivity index (χ0v) is 11.3. The topological polar surface area (TPSA) is 68.0 Å². The number of nitrogens with one attached hydrogen (secondary N) is 1. The molecule has 2 rings (SSSR count). The number of hydrogen-bond acceptors (Lipinski definition) is 4. The minimum atomic E-state index is -0.254. The van der Waals surface area contributed by atoms with Crippen molar-refractivity contribution in [3.63, 3.8) is 0 Å². The Morgan fingerprint density at radius 1 is 1.50 bits per heavy atom. The quantitative estimate of drug-likeness (QED) is 0.909. The molecule has 0 bridgehead atoms. The molecular formula is C12H12ClN3OS. The maximum absolute atomic E-state index is 11.9. The standard InChI is InChI=1S/C12H12ClN3OS/c1-7(8-4-2-3-5-9(8)13)15-11(17)10-6-18-12(14)16-10/h2-7H,1H3,(H2,14,16)(H,15,17)/t7-/m1/s1. The maximum atomic E-state index is 11.9. The molecule has 1 amide bonds. The highest BCUT2D eigenvalue weighted by atomic mass is 35.5. The van der Waals surface area contributed by atoms with E-state index in [9.17, 15) is 4.79 Å². The van der Waals surface area contributed by atoms with Gasteiger partial charge >= 0.3 is 0 Å². The number of benzene rings is 1. The Morgan fingerprint density at radius 3 is 2.83 bits per heavy atom. The number of nitrogen functional groups attached to an aromatic ring is 1. The molecule has 0 aliphatic carbocycles. The average Bonchev–Trinajstić information content (AvgIpc) is 2.76. The molecule has 6 heteroatoms. The zero-order valence-electron chi connectivity index (χ0n) is 9.68. The summed E-state index contributed by atoms with van der Waals surface area (Å²) in [5.41, 5.74) is 6.69. The lowest BCUT2D eigenvalue weighted by atomic mass is 10.1. The van der Waals surface area contributed by atoms with Crippen molar-refractivity contribution in [2.45, 2.75) is 13.0 Å². The average molecular weight is 282 g/mol. The van der Waals surface area contributed by atoms with Gasteiger partial charge in [-0.3, -0.25) is 4.79 Å². The number of halogens is 1. The second-order valence-corrected chi connectivity index (χ2v) is 5.08. The number of amides is 1. The molecule has 0 spiro atoms. The van der Waals surface area contributed by atoms with Crippen molar-refractivity contribution in [2.24, 2.45) is 0 Å². The Hall–Kier alpha value is -1.59. The van der Waals surface area contributed by atoms with Crippen molar-refractivity contribution in [1.29, 1.82) is 0 Å². The Labute approximate surface area is 114 Å². The van der Waals surface area contributed by atoms with Gasteiger partial charge in [-0.15, -0.1) is 11.3 Å². The largest absolute Gasteiger partial charge is 0.375 e. The second kappa shape index (κ2) is 5.37. The van der Waals surface area contributed by atoms with Crippen LogP contribution < -0.4 is 11.1 Å². The molecule has 1 atom stereocenters. The Balaban J connectivity index is 2.10. The van der Waals surface area contributed by atoms with Crippen molar-refractivity contribution >= 4 is 34.0 Å². The van der Waals surface area contributed by atoms with Gasteiger partial charge in [0.1, 0.15) is 5.69 Å². The van der Waals surface area contributed by atoms with E-state index in [2.05, 4.69) is 10.3 Å². The Morgan fingerprint density at radius 2 is 2.22 bits per heavy atom. The number of rotatable bonds is 3. The summed E-state index contributed by atoms with van der Waals surface area (Å²) in [7, 11) is 0. The third-order valence-electron chi connectivity index (χ3n) is 2.47. The summed E-state index contributed by atoms with van der Waals surface area (Å²) < 4.78 is 0.